The number of hydrogen-bond acceptors (Lipinski definition) is 2. The Labute approximate surface area is 168 Å². The Hall–Kier alpha value is -2.79. The first-order chi connectivity index (χ1) is 13.3. The van der Waals surface area contributed by atoms with Crippen molar-refractivity contribution in [2.24, 2.45) is 7.05 Å². The zero-order valence-electron chi connectivity index (χ0n) is 16.1. The van der Waals surface area contributed by atoms with Crippen LogP contribution in [0.1, 0.15) is 46.4 Å². The lowest BCUT2D eigenvalue weighted by molar-refractivity contribution is -0.138. The second kappa shape index (κ2) is 8.07. The number of nitrogens with one attached hydrogen (secondary N) is 1. The van der Waals surface area contributed by atoms with Crippen LogP contribution < -0.4 is 5.32 Å². The van der Waals surface area contributed by atoms with Crippen molar-refractivity contribution in [1.29, 1.82) is 0 Å². The van der Waals surface area contributed by atoms with Crippen molar-refractivity contribution in [2.45, 2.75) is 32.7 Å². The molecule has 1 heterocycles. The number of hydrogen-bond donors (Lipinski definition) is 2. The summed E-state index contributed by atoms with van der Waals surface area (Å²) in [5, 5.41) is 13.6. The van der Waals surface area contributed by atoms with Crippen molar-refractivity contribution in [3.05, 3.63) is 69.9 Å². The van der Waals surface area contributed by atoms with Crippen molar-refractivity contribution >= 4 is 34.4 Å². The first-order valence-corrected chi connectivity index (χ1v) is 9.55. The summed E-state index contributed by atoms with van der Waals surface area (Å²) in [7, 11) is 1.85. The molecule has 1 atom stereocenters. The Bertz CT molecular complexity index is 1040. The van der Waals surface area contributed by atoms with E-state index in [1.54, 1.807) is 6.07 Å². The van der Waals surface area contributed by atoms with Crippen molar-refractivity contribution < 1.29 is 14.7 Å². The third-order valence-corrected chi connectivity index (χ3v) is 5.34. The number of nitrogens with zero attached hydrogens (tertiary/aromatic N) is 1. The number of carboxylic acid groups (broad SMARTS) is 1. The summed E-state index contributed by atoms with van der Waals surface area (Å²) >= 11 is 6.31. The van der Waals surface area contributed by atoms with Gasteiger partial charge in [0.05, 0.1) is 16.5 Å². The van der Waals surface area contributed by atoms with Gasteiger partial charge in [-0.25, -0.2) is 0 Å². The van der Waals surface area contributed by atoms with Gasteiger partial charge in [-0.3, -0.25) is 9.59 Å². The standard InChI is InChI=1S/C22H23ClN2O3/c1-4-16(22(27)28)15-7-5-14(6-8-15)12-24-21(26)20-11-17-18(23)9-13(2)10-19(17)25(20)3/h5-11,16H,4,12H2,1-3H3,(H,24,26)(H,27,28). The van der Waals surface area contributed by atoms with Gasteiger partial charge in [-0.1, -0.05) is 42.8 Å². The minimum absolute atomic E-state index is 0.187. The quantitative estimate of drug-likeness (QED) is 0.635. The van der Waals surface area contributed by atoms with Crippen LogP contribution in [0.5, 0.6) is 0 Å². The molecule has 1 unspecified atom stereocenters. The molecule has 0 aliphatic heterocycles. The fourth-order valence-corrected chi connectivity index (χ4v) is 3.75. The van der Waals surface area contributed by atoms with Gasteiger partial charge < -0.3 is 15.0 Å². The predicted octanol–water partition coefficient (Wildman–Crippen LogP) is 4.65. The van der Waals surface area contributed by atoms with Gasteiger partial charge in [0.2, 0.25) is 0 Å². The highest BCUT2D eigenvalue weighted by Crippen LogP contribution is 2.28. The van der Waals surface area contributed by atoms with E-state index in [9.17, 15) is 14.7 Å². The van der Waals surface area contributed by atoms with Crippen LogP contribution in [0.3, 0.4) is 0 Å². The average Bonchev–Trinajstić information content (AvgIpc) is 2.98. The molecule has 0 bridgehead atoms. The smallest absolute Gasteiger partial charge is 0.310 e. The summed E-state index contributed by atoms with van der Waals surface area (Å²) in [6.07, 6.45) is 0.536. The summed E-state index contributed by atoms with van der Waals surface area (Å²) < 4.78 is 1.84. The zero-order chi connectivity index (χ0) is 20.4. The summed E-state index contributed by atoms with van der Waals surface area (Å²) in [6, 6.07) is 13.0. The lowest BCUT2D eigenvalue weighted by Gasteiger charge is -2.11. The fraction of sp³-hybridized carbons (Fsp3) is 0.273. The van der Waals surface area contributed by atoms with Crippen molar-refractivity contribution in [2.75, 3.05) is 0 Å². The van der Waals surface area contributed by atoms with E-state index >= 15 is 0 Å². The molecule has 0 saturated heterocycles. The minimum atomic E-state index is -0.826. The average molecular weight is 399 g/mol. The second-order valence-electron chi connectivity index (χ2n) is 6.99. The first kappa shape index (κ1) is 20.0. The molecule has 0 fully saturated rings. The summed E-state index contributed by atoms with van der Waals surface area (Å²) in [5.74, 6) is -1.52. The third-order valence-electron chi connectivity index (χ3n) is 5.03. The Morgan fingerprint density at radius 1 is 1.18 bits per heavy atom. The maximum absolute atomic E-state index is 12.7. The molecule has 0 aliphatic rings. The molecule has 0 radical (unpaired) electrons. The van der Waals surface area contributed by atoms with E-state index in [4.69, 9.17) is 11.6 Å². The summed E-state index contributed by atoms with van der Waals surface area (Å²) in [6.45, 7) is 4.18. The fourth-order valence-electron chi connectivity index (χ4n) is 3.43. The largest absolute Gasteiger partial charge is 0.481 e. The molecule has 6 heteroatoms. The number of rotatable bonds is 6. The van der Waals surface area contributed by atoms with Crippen molar-refractivity contribution in [3.8, 4) is 0 Å². The Morgan fingerprint density at radius 2 is 1.86 bits per heavy atom. The number of aliphatic carboxylic acids is 1. The molecule has 2 aromatic carbocycles. The number of amides is 1. The summed E-state index contributed by atoms with van der Waals surface area (Å²) in [4.78, 5) is 23.9. The maximum atomic E-state index is 12.7. The first-order valence-electron chi connectivity index (χ1n) is 9.17. The topological polar surface area (TPSA) is 71.3 Å². The van der Waals surface area contributed by atoms with E-state index in [-0.39, 0.29) is 5.91 Å². The molecular formula is C22H23ClN2O3. The van der Waals surface area contributed by atoms with E-state index in [1.165, 1.54) is 0 Å². The molecule has 0 aliphatic carbocycles. The third kappa shape index (κ3) is 3.90. The van der Waals surface area contributed by atoms with Crippen LogP contribution in [0.25, 0.3) is 10.9 Å². The molecule has 146 valence electrons. The zero-order valence-corrected chi connectivity index (χ0v) is 16.9. The highest BCUT2D eigenvalue weighted by molar-refractivity contribution is 6.35. The number of aromatic nitrogens is 1. The van der Waals surface area contributed by atoms with Gasteiger partial charge in [-0.2, -0.15) is 0 Å². The van der Waals surface area contributed by atoms with Crippen LogP contribution in [0.15, 0.2) is 42.5 Å². The van der Waals surface area contributed by atoms with Gasteiger partial charge in [-0.05, 0) is 48.2 Å². The van der Waals surface area contributed by atoms with Gasteiger partial charge in [-0.15, -0.1) is 0 Å². The molecule has 1 aromatic heterocycles. The minimum Gasteiger partial charge on any atom is -0.481 e. The Kier molecular flexibility index (Phi) is 5.75. The monoisotopic (exact) mass is 398 g/mol. The Balaban J connectivity index is 1.74. The van der Waals surface area contributed by atoms with Gasteiger partial charge in [0.15, 0.2) is 0 Å². The van der Waals surface area contributed by atoms with Gasteiger partial charge in [0.25, 0.3) is 5.91 Å². The highest BCUT2D eigenvalue weighted by atomic mass is 35.5. The number of carboxylic acids is 1. The Morgan fingerprint density at radius 3 is 2.46 bits per heavy atom. The number of aryl methyl sites for hydroxylation is 2. The predicted molar refractivity (Wildman–Crippen MR) is 111 cm³/mol. The molecule has 1 amide bonds. The van der Waals surface area contributed by atoms with E-state index in [0.29, 0.717) is 23.7 Å². The van der Waals surface area contributed by atoms with Crippen LogP contribution in [0, 0.1) is 6.92 Å². The van der Waals surface area contributed by atoms with Crippen molar-refractivity contribution in [3.63, 3.8) is 0 Å². The molecule has 0 saturated carbocycles. The van der Waals surface area contributed by atoms with E-state index in [1.807, 2.05) is 61.9 Å². The molecule has 0 spiro atoms. The lowest BCUT2D eigenvalue weighted by Crippen LogP contribution is -2.24. The van der Waals surface area contributed by atoms with Crippen LogP contribution in [0.4, 0.5) is 0 Å². The number of carbonyl (C=O) groups excluding carboxylic acids is 1. The van der Waals surface area contributed by atoms with Gasteiger partial charge in [0, 0.05) is 19.0 Å². The van der Waals surface area contributed by atoms with Crippen LogP contribution in [-0.2, 0) is 18.4 Å². The van der Waals surface area contributed by atoms with Crippen LogP contribution in [-0.4, -0.2) is 21.6 Å². The molecule has 28 heavy (non-hydrogen) atoms. The normalized spacial score (nSPS) is 12.1. The molecular weight excluding hydrogens is 376 g/mol. The molecule has 3 aromatic rings. The second-order valence-corrected chi connectivity index (χ2v) is 7.40. The number of carbonyl (C=O) groups is 2. The van der Waals surface area contributed by atoms with Gasteiger partial charge >= 0.3 is 5.97 Å². The SMILES string of the molecule is CCC(C(=O)O)c1ccc(CNC(=O)c2cc3c(Cl)cc(C)cc3n2C)cc1. The van der Waals surface area contributed by atoms with Crippen molar-refractivity contribution in [1.82, 2.24) is 9.88 Å². The molecule has 2 N–H and O–H groups in total. The number of halogens is 1. The van der Waals surface area contributed by atoms with Gasteiger partial charge in [0.1, 0.15) is 5.69 Å². The van der Waals surface area contributed by atoms with E-state index < -0.39 is 11.9 Å². The molecule has 3 rings (SSSR count). The lowest BCUT2D eigenvalue weighted by atomic mass is 9.96. The summed E-state index contributed by atoms with van der Waals surface area (Å²) in [5.41, 5.74) is 4.17. The van der Waals surface area contributed by atoms with E-state index in [0.717, 1.165) is 27.6 Å². The van der Waals surface area contributed by atoms with Crippen LogP contribution >= 0.6 is 11.6 Å². The highest BCUT2D eigenvalue weighted by Gasteiger charge is 2.18. The number of fused-ring (bicyclic) bond motifs is 1. The molecule has 5 nitrogen and oxygen atoms in total. The van der Waals surface area contributed by atoms with Crippen LogP contribution in [0.2, 0.25) is 5.02 Å². The van der Waals surface area contributed by atoms with E-state index in [2.05, 4.69) is 5.32 Å². The number of benzene rings is 2. The maximum Gasteiger partial charge on any atom is 0.310 e.